The zero-order chi connectivity index (χ0) is 15.0. The van der Waals surface area contributed by atoms with Crippen LogP contribution in [0.4, 0.5) is 11.4 Å². The number of aryl methyl sites for hydroxylation is 1. The van der Waals surface area contributed by atoms with Crippen LogP contribution in [0, 0.1) is 6.92 Å². The number of nitrogen functional groups attached to an aromatic ring is 1. The Hall–Kier alpha value is -2.30. The number of hydrogen-bond acceptors (Lipinski definition) is 4. The Morgan fingerprint density at radius 2 is 1.90 bits per heavy atom. The number of benzene rings is 1. The van der Waals surface area contributed by atoms with Gasteiger partial charge in [0.1, 0.15) is 0 Å². The van der Waals surface area contributed by atoms with Gasteiger partial charge in [0, 0.05) is 55.6 Å². The Morgan fingerprint density at radius 1 is 1.19 bits per heavy atom. The van der Waals surface area contributed by atoms with Gasteiger partial charge in [0.2, 0.25) is 5.91 Å². The number of nitrogens with zero attached hydrogens (tertiary/aromatic N) is 3. The highest BCUT2D eigenvalue weighted by Gasteiger charge is 2.20. The summed E-state index contributed by atoms with van der Waals surface area (Å²) in [6.45, 7) is 6.84. The fourth-order valence-corrected chi connectivity index (χ4v) is 2.88. The van der Waals surface area contributed by atoms with E-state index < -0.39 is 0 Å². The molecule has 0 bridgehead atoms. The molecule has 2 aromatic rings. The fraction of sp³-hybridized carbons (Fsp3) is 0.375. The first-order chi connectivity index (χ1) is 10.0. The summed E-state index contributed by atoms with van der Waals surface area (Å²) in [5, 5.41) is 1.08. The van der Waals surface area contributed by atoms with Crippen molar-refractivity contribution in [3.05, 3.63) is 30.0 Å². The van der Waals surface area contributed by atoms with Gasteiger partial charge in [0.25, 0.3) is 0 Å². The standard InChI is InChI=1S/C16H20N4O/c1-11-9-16(14-10-13(17)3-4-15(14)18-11)20-7-5-19(6-8-20)12(2)21/h3-4,9-10H,5-8,17H2,1-2H3. The molecular weight excluding hydrogens is 264 g/mol. The molecule has 1 amide bonds. The van der Waals surface area contributed by atoms with Crippen LogP contribution in [0.15, 0.2) is 24.3 Å². The lowest BCUT2D eigenvalue weighted by molar-refractivity contribution is -0.129. The van der Waals surface area contributed by atoms with E-state index in [1.165, 1.54) is 0 Å². The van der Waals surface area contributed by atoms with Crippen molar-refractivity contribution in [1.82, 2.24) is 9.88 Å². The van der Waals surface area contributed by atoms with Crippen LogP contribution >= 0.6 is 0 Å². The van der Waals surface area contributed by atoms with E-state index in [4.69, 9.17) is 5.73 Å². The number of anilines is 2. The Balaban J connectivity index is 1.97. The number of amides is 1. The van der Waals surface area contributed by atoms with Gasteiger partial charge in [0.05, 0.1) is 5.52 Å². The zero-order valence-corrected chi connectivity index (χ0v) is 12.5. The van der Waals surface area contributed by atoms with E-state index in [-0.39, 0.29) is 5.91 Å². The summed E-state index contributed by atoms with van der Waals surface area (Å²) in [5.74, 6) is 0.148. The second-order valence-corrected chi connectivity index (χ2v) is 5.55. The minimum Gasteiger partial charge on any atom is -0.399 e. The summed E-state index contributed by atoms with van der Waals surface area (Å²) in [6.07, 6.45) is 0. The number of fused-ring (bicyclic) bond motifs is 1. The third-order valence-electron chi connectivity index (χ3n) is 4.00. The van der Waals surface area contributed by atoms with Crippen molar-refractivity contribution in [2.75, 3.05) is 36.8 Å². The predicted molar refractivity (Wildman–Crippen MR) is 85.4 cm³/mol. The molecule has 21 heavy (non-hydrogen) atoms. The molecular formula is C16H20N4O. The molecule has 3 rings (SSSR count). The Morgan fingerprint density at radius 3 is 2.57 bits per heavy atom. The fourth-order valence-electron chi connectivity index (χ4n) is 2.88. The summed E-state index contributed by atoms with van der Waals surface area (Å²) in [7, 11) is 0. The topological polar surface area (TPSA) is 62.5 Å². The molecule has 110 valence electrons. The third-order valence-corrected chi connectivity index (χ3v) is 4.00. The Kier molecular flexibility index (Phi) is 3.41. The van der Waals surface area contributed by atoms with Gasteiger partial charge in [-0.1, -0.05) is 0 Å². The van der Waals surface area contributed by atoms with Crippen LogP contribution < -0.4 is 10.6 Å². The molecule has 0 unspecified atom stereocenters. The number of carbonyl (C=O) groups is 1. The zero-order valence-electron chi connectivity index (χ0n) is 12.5. The van der Waals surface area contributed by atoms with Crippen molar-refractivity contribution in [3.63, 3.8) is 0 Å². The first kappa shape index (κ1) is 13.7. The molecule has 0 radical (unpaired) electrons. The number of hydrogen-bond donors (Lipinski definition) is 1. The maximum absolute atomic E-state index is 11.4. The molecule has 0 atom stereocenters. The number of rotatable bonds is 1. The number of aromatic nitrogens is 1. The number of pyridine rings is 1. The highest BCUT2D eigenvalue weighted by molar-refractivity contribution is 5.94. The van der Waals surface area contributed by atoms with Crippen molar-refractivity contribution >= 4 is 28.2 Å². The molecule has 0 saturated carbocycles. The summed E-state index contributed by atoms with van der Waals surface area (Å²) in [5.41, 5.74) is 9.79. The molecule has 2 heterocycles. The number of nitrogens with two attached hydrogens (primary N) is 1. The van der Waals surface area contributed by atoms with Gasteiger partial charge < -0.3 is 15.5 Å². The molecule has 1 aromatic carbocycles. The van der Waals surface area contributed by atoms with E-state index in [0.717, 1.165) is 54.2 Å². The van der Waals surface area contributed by atoms with E-state index in [2.05, 4.69) is 16.0 Å². The second kappa shape index (κ2) is 5.24. The van der Waals surface area contributed by atoms with Gasteiger partial charge in [-0.2, -0.15) is 0 Å². The van der Waals surface area contributed by atoms with Crippen molar-refractivity contribution in [2.45, 2.75) is 13.8 Å². The van der Waals surface area contributed by atoms with Gasteiger partial charge in [0.15, 0.2) is 0 Å². The lowest BCUT2D eigenvalue weighted by atomic mass is 10.1. The van der Waals surface area contributed by atoms with E-state index in [9.17, 15) is 4.79 Å². The van der Waals surface area contributed by atoms with Crippen LogP contribution in [0.3, 0.4) is 0 Å². The lowest BCUT2D eigenvalue weighted by Crippen LogP contribution is -2.48. The van der Waals surface area contributed by atoms with Gasteiger partial charge in [-0.15, -0.1) is 0 Å². The third kappa shape index (κ3) is 2.63. The molecule has 1 fully saturated rings. The molecule has 1 aromatic heterocycles. The quantitative estimate of drug-likeness (QED) is 0.811. The van der Waals surface area contributed by atoms with E-state index in [0.29, 0.717) is 0 Å². The maximum Gasteiger partial charge on any atom is 0.219 e. The molecule has 1 aliphatic rings. The van der Waals surface area contributed by atoms with E-state index >= 15 is 0 Å². The SMILES string of the molecule is CC(=O)N1CCN(c2cc(C)nc3ccc(N)cc23)CC1. The van der Waals surface area contributed by atoms with Crippen LogP contribution in [0.1, 0.15) is 12.6 Å². The summed E-state index contributed by atoms with van der Waals surface area (Å²) >= 11 is 0. The first-order valence-corrected chi connectivity index (χ1v) is 7.22. The molecule has 0 aliphatic carbocycles. The number of piperazine rings is 1. The maximum atomic E-state index is 11.4. The second-order valence-electron chi connectivity index (χ2n) is 5.55. The van der Waals surface area contributed by atoms with Crippen molar-refractivity contribution in [1.29, 1.82) is 0 Å². The van der Waals surface area contributed by atoms with Crippen LogP contribution in [-0.2, 0) is 4.79 Å². The monoisotopic (exact) mass is 284 g/mol. The minimum absolute atomic E-state index is 0.148. The molecule has 1 aliphatic heterocycles. The molecule has 5 nitrogen and oxygen atoms in total. The Bertz CT molecular complexity index is 690. The van der Waals surface area contributed by atoms with Gasteiger partial charge in [-0.25, -0.2) is 0 Å². The normalized spacial score (nSPS) is 15.5. The number of carbonyl (C=O) groups excluding carboxylic acids is 1. The van der Waals surface area contributed by atoms with Crippen molar-refractivity contribution in [2.24, 2.45) is 0 Å². The summed E-state index contributed by atoms with van der Waals surface area (Å²) in [4.78, 5) is 20.2. The van der Waals surface area contributed by atoms with E-state index in [1.807, 2.05) is 30.0 Å². The van der Waals surface area contributed by atoms with Crippen LogP contribution in [0.25, 0.3) is 10.9 Å². The molecule has 1 saturated heterocycles. The summed E-state index contributed by atoms with van der Waals surface area (Å²) in [6, 6.07) is 7.93. The highest BCUT2D eigenvalue weighted by atomic mass is 16.2. The van der Waals surface area contributed by atoms with E-state index in [1.54, 1.807) is 6.92 Å². The highest BCUT2D eigenvalue weighted by Crippen LogP contribution is 2.29. The molecule has 0 spiro atoms. The molecule has 2 N–H and O–H groups in total. The van der Waals surface area contributed by atoms with Crippen molar-refractivity contribution < 1.29 is 4.79 Å². The minimum atomic E-state index is 0.148. The average molecular weight is 284 g/mol. The van der Waals surface area contributed by atoms with Gasteiger partial charge in [-0.05, 0) is 31.2 Å². The lowest BCUT2D eigenvalue weighted by Gasteiger charge is -2.36. The van der Waals surface area contributed by atoms with Crippen LogP contribution in [0.2, 0.25) is 0 Å². The largest absolute Gasteiger partial charge is 0.399 e. The molecule has 5 heteroatoms. The predicted octanol–water partition coefficient (Wildman–Crippen LogP) is 1.79. The van der Waals surface area contributed by atoms with Gasteiger partial charge >= 0.3 is 0 Å². The van der Waals surface area contributed by atoms with Crippen molar-refractivity contribution in [3.8, 4) is 0 Å². The smallest absolute Gasteiger partial charge is 0.219 e. The first-order valence-electron chi connectivity index (χ1n) is 7.22. The summed E-state index contributed by atoms with van der Waals surface area (Å²) < 4.78 is 0. The van der Waals surface area contributed by atoms with Crippen LogP contribution in [0.5, 0.6) is 0 Å². The van der Waals surface area contributed by atoms with Gasteiger partial charge in [-0.3, -0.25) is 9.78 Å². The van der Waals surface area contributed by atoms with Crippen LogP contribution in [-0.4, -0.2) is 42.0 Å². The Labute approximate surface area is 124 Å². The average Bonchev–Trinajstić information content (AvgIpc) is 2.47.